The molecule has 0 radical (unpaired) electrons. The van der Waals surface area contributed by atoms with Gasteiger partial charge in [-0.3, -0.25) is 14.8 Å². The molecule has 7 nitrogen and oxygen atoms in total. The molecule has 0 bridgehead atoms. The molecule has 1 rings (SSSR count). The number of amides is 1. The quantitative estimate of drug-likeness (QED) is 0.467. The van der Waals surface area contributed by atoms with Gasteiger partial charge < -0.3 is 10.2 Å². The van der Waals surface area contributed by atoms with Gasteiger partial charge in [0.2, 0.25) is 5.91 Å². The zero-order chi connectivity index (χ0) is 17.8. The van der Waals surface area contributed by atoms with E-state index in [0.29, 0.717) is 5.56 Å². The highest BCUT2D eigenvalue weighted by atomic mass is 16.5. The van der Waals surface area contributed by atoms with E-state index in [4.69, 9.17) is 5.21 Å². The Morgan fingerprint density at radius 1 is 1.13 bits per heavy atom. The lowest BCUT2D eigenvalue weighted by Crippen LogP contribution is -2.27. The summed E-state index contributed by atoms with van der Waals surface area (Å²) < 4.78 is 0. The van der Waals surface area contributed by atoms with Gasteiger partial charge >= 0.3 is 11.9 Å². The highest BCUT2D eigenvalue weighted by molar-refractivity contribution is 5.88. The summed E-state index contributed by atoms with van der Waals surface area (Å²) in [5.41, 5.74) is 2.46. The zero-order valence-electron chi connectivity index (χ0n) is 13.3. The van der Waals surface area contributed by atoms with Crippen LogP contribution < -0.4 is 5.48 Å². The number of aromatic carboxylic acids is 1. The number of carbonyl (C=O) groups excluding carboxylic acids is 1. The normalized spacial score (nSPS) is 12.5. The third-order valence-electron chi connectivity index (χ3n) is 3.49. The molecule has 0 aliphatic carbocycles. The molecule has 0 fully saturated rings. The number of rotatable bonds is 6. The molecule has 7 heteroatoms. The van der Waals surface area contributed by atoms with Gasteiger partial charge in [-0.1, -0.05) is 26.8 Å². The Kier molecular flexibility index (Phi) is 5.86. The fraction of sp³-hybridized carbons (Fsp3) is 0.438. The van der Waals surface area contributed by atoms with Crippen LogP contribution in [0.15, 0.2) is 18.2 Å². The average molecular weight is 323 g/mol. The van der Waals surface area contributed by atoms with Crippen molar-refractivity contribution < 1.29 is 29.8 Å². The molecule has 0 aliphatic rings. The predicted molar refractivity (Wildman–Crippen MR) is 81.5 cm³/mol. The Morgan fingerprint density at radius 2 is 1.74 bits per heavy atom. The molecule has 0 aromatic heterocycles. The molecule has 0 saturated heterocycles. The van der Waals surface area contributed by atoms with Crippen LogP contribution in [0.3, 0.4) is 0 Å². The summed E-state index contributed by atoms with van der Waals surface area (Å²) in [6.45, 7) is 5.77. The number of hydrogen-bond acceptors (Lipinski definition) is 4. The fourth-order valence-corrected chi connectivity index (χ4v) is 2.17. The smallest absolute Gasteiger partial charge is 0.335 e. The number of carboxylic acids is 2. The second-order valence-corrected chi connectivity index (χ2v) is 6.45. The van der Waals surface area contributed by atoms with Crippen molar-refractivity contribution in [2.45, 2.75) is 39.0 Å². The van der Waals surface area contributed by atoms with Crippen LogP contribution in [0.2, 0.25) is 0 Å². The summed E-state index contributed by atoms with van der Waals surface area (Å²) in [5, 5.41) is 27.0. The number of hydroxylamine groups is 1. The molecule has 1 aromatic rings. The molecule has 0 saturated carbocycles. The van der Waals surface area contributed by atoms with E-state index in [2.05, 4.69) is 0 Å². The van der Waals surface area contributed by atoms with Gasteiger partial charge in [0.15, 0.2) is 0 Å². The van der Waals surface area contributed by atoms with E-state index in [-0.39, 0.29) is 17.4 Å². The van der Waals surface area contributed by atoms with Gasteiger partial charge in [-0.2, -0.15) is 0 Å². The van der Waals surface area contributed by atoms with E-state index >= 15 is 0 Å². The lowest BCUT2D eigenvalue weighted by molar-refractivity contribution is -0.145. The summed E-state index contributed by atoms with van der Waals surface area (Å²) >= 11 is 0. The minimum absolute atomic E-state index is 0.00699. The van der Waals surface area contributed by atoms with Crippen LogP contribution in [0.5, 0.6) is 0 Å². The van der Waals surface area contributed by atoms with Crippen LogP contribution in [-0.4, -0.2) is 33.3 Å². The number of carboxylic acid groups (broad SMARTS) is 2. The largest absolute Gasteiger partial charge is 0.481 e. The lowest BCUT2D eigenvalue weighted by atomic mass is 9.83. The van der Waals surface area contributed by atoms with E-state index < -0.39 is 30.2 Å². The molecule has 1 atom stereocenters. The number of carbonyl (C=O) groups is 3. The van der Waals surface area contributed by atoms with Gasteiger partial charge in [-0.25, -0.2) is 10.3 Å². The highest BCUT2D eigenvalue weighted by Crippen LogP contribution is 2.26. The highest BCUT2D eigenvalue weighted by Gasteiger charge is 2.24. The van der Waals surface area contributed by atoms with E-state index in [1.807, 2.05) is 20.8 Å². The first kappa shape index (κ1) is 18.6. The van der Waals surface area contributed by atoms with Crippen molar-refractivity contribution in [2.75, 3.05) is 0 Å². The minimum atomic E-state index is -1.19. The molecular weight excluding hydrogens is 302 g/mol. The van der Waals surface area contributed by atoms with E-state index in [1.54, 1.807) is 12.1 Å². The number of nitrogens with one attached hydrogen (secondary N) is 1. The van der Waals surface area contributed by atoms with Gasteiger partial charge in [0, 0.05) is 6.42 Å². The van der Waals surface area contributed by atoms with Crippen molar-refractivity contribution in [1.82, 2.24) is 5.48 Å². The van der Waals surface area contributed by atoms with Crippen molar-refractivity contribution in [3.05, 3.63) is 34.9 Å². The first-order chi connectivity index (χ1) is 10.5. The number of hydrogen-bond donors (Lipinski definition) is 4. The third kappa shape index (κ3) is 5.37. The first-order valence-corrected chi connectivity index (χ1v) is 7.08. The average Bonchev–Trinajstić information content (AvgIpc) is 2.44. The summed E-state index contributed by atoms with van der Waals surface area (Å²) in [5.74, 6) is -4.15. The maximum atomic E-state index is 11.3. The van der Waals surface area contributed by atoms with Crippen LogP contribution in [0.25, 0.3) is 0 Å². The van der Waals surface area contributed by atoms with Crippen LogP contribution in [0.4, 0.5) is 0 Å². The minimum Gasteiger partial charge on any atom is -0.481 e. The molecule has 0 heterocycles. The molecule has 4 N–H and O–H groups in total. The van der Waals surface area contributed by atoms with Crippen molar-refractivity contribution >= 4 is 17.8 Å². The van der Waals surface area contributed by atoms with Crippen LogP contribution >= 0.6 is 0 Å². The van der Waals surface area contributed by atoms with Gasteiger partial charge in [0.05, 0.1) is 11.5 Å². The first-order valence-electron chi connectivity index (χ1n) is 7.08. The third-order valence-corrected chi connectivity index (χ3v) is 3.49. The summed E-state index contributed by atoms with van der Waals surface area (Å²) in [6.07, 6.45) is -0.402. The topological polar surface area (TPSA) is 124 Å². The Labute approximate surface area is 133 Å². The van der Waals surface area contributed by atoms with Gasteiger partial charge in [0.25, 0.3) is 0 Å². The van der Waals surface area contributed by atoms with Crippen molar-refractivity contribution in [3.63, 3.8) is 0 Å². The Hall–Kier alpha value is -2.41. The molecule has 23 heavy (non-hydrogen) atoms. The van der Waals surface area contributed by atoms with Gasteiger partial charge in [-0.15, -0.1) is 0 Å². The van der Waals surface area contributed by atoms with E-state index in [0.717, 1.165) is 5.56 Å². The van der Waals surface area contributed by atoms with Crippen LogP contribution in [0, 0.1) is 5.92 Å². The molecular formula is C16H21NO6. The van der Waals surface area contributed by atoms with Crippen molar-refractivity contribution in [1.29, 1.82) is 0 Å². The Balaban J connectivity index is 3.19. The second kappa shape index (κ2) is 7.23. The van der Waals surface area contributed by atoms with Crippen molar-refractivity contribution in [3.8, 4) is 0 Å². The van der Waals surface area contributed by atoms with Crippen LogP contribution in [0.1, 0.15) is 48.7 Å². The SMILES string of the molecule is CC(C)(C)c1cc(CC(CC(=O)NO)C(=O)O)cc(C(=O)O)c1. The molecule has 1 unspecified atom stereocenters. The zero-order valence-corrected chi connectivity index (χ0v) is 13.3. The second-order valence-electron chi connectivity index (χ2n) is 6.45. The molecule has 126 valence electrons. The molecule has 0 aliphatic heterocycles. The lowest BCUT2D eigenvalue weighted by Gasteiger charge is -2.21. The van der Waals surface area contributed by atoms with Gasteiger partial charge in [0.1, 0.15) is 0 Å². The van der Waals surface area contributed by atoms with Crippen LogP contribution in [-0.2, 0) is 21.4 Å². The monoisotopic (exact) mass is 323 g/mol. The van der Waals surface area contributed by atoms with E-state index in [1.165, 1.54) is 11.5 Å². The van der Waals surface area contributed by atoms with E-state index in [9.17, 15) is 24.6 Å². The number of benzene rings is 1. The maximum Gasteiger partial charge on any atom is 0.335 e. The molecule has 1 amide bonds. The summed E-state index contributed by atoms with van der Waals surface area (Å²) in [7, 11) is 0. The predicted octanol–water partition coefficient (Wildman–Crippen LogP) is 1.82. The van der Waals surface area contributed by atoms with Gasteiger partial charge in [-0.05, 0) is 35.1 Å². The fourth-order valence-electron chi connectivity index (χ4n) is 2.17. The Morgan fingerprint density at radius 3 is 2.17 bits per heavy atom. The van der Waals surface area contributed by atoms with Crippen molar-refractivity contribution in [2.24, 2.45) is 5.92 Å². The molecule has 0 spiro atoms. The standard InChI is InChI=1S/C16H21NO6/c1-16(2,3)12-6-9(4-10(7-12)14(19)20)5-11(15(21)22)8-13(18)17-23/h4,6-7,11,23H,5,8H2,1-3H3,(H,17,18)(H,19,20)(H,21,22). The number of aliphatic carboxylic acids is 1. The molecule has 1 aromatic carbocycles. The maximum absolute atomic E-state index is 11.3. The summed E-state index contributed by atoms with van der Waals surface area (Å²) in [4.78, 5) is 33.7. The summed E-state index contributed by atoms with van der Waals surface area (Å²) in [6, 6.07) is 4.71. The Bertz CT molecular complexity index is 617.